The van der Waals surface area contributed by atoms with E-state index in [4.69, 9.17) is 5.73 Å². The Balaban J connectivity index is 0.00000169. The monoisotopic (exact) mass is 217 g/mol. The Labute approximate surface area is 90.9 Å². The molecule has 0 aliphatic rings. The summed E-state index contributed by atoms with van der Waals surface area (Å²) < 4.78 is 12.8. The van der Waals surface area contributed by atoms with Crippen molar-refractivity contribution in [3.05, 3.63) is 35.6 Å². The Morgan fingerprint density at radius 1 is 1.36 bits per heavy atom. The first-order valence-electron chi connectivity index (χ1n) is 4.60. The van der Waals surface area contributed by atoms with E-state index < -0.39 is 0 Å². The Morgan fingerprint density at radius 3 is 2.50 bits per heavy atom. The maximum absolute atomic E-state index is 12.8. The number of nitrogens with two attached hydrogens (primary N) is 1. The molecule has 0 bridgehead atoms. The van der Waals surface area contributed by atoms with Crippen LogP contribution in [-0.2, 0) is 0 Å². The molecular weight excluding hydrogens is 201 g/mol. The lowest BCUT2D eigenvalue weighted by Gasteiger charge is -2.14. The van der Waals surface area contributed by atoms with Gasteiger partial charge in [0, 0.05) is 6.04 Å². The van der Waals surface area contributed by atoms with Crippen molar-refractivity contribution in [1.82, 2.24) is 0 Å². The molecule has 0 aliphatic carbocycles. The summed E-state index contributed by atoms with van der Waals surface area (Å²) >= 11 is 0. The van der Waals surface area contributed by atoms with Crippen LogP contribution in [0.3, 0.4) is 0 Å². The summed E-state index contributed by atoms with van der Waals surface area (Å²) in [6.45, 7) is 4.22. The second kappa shape index (κ2) is 5.99. The fourth-order valence-corrected chi connectivity index (χ4v) is 1.38. The molecule has 2 N–H and O–H groups in total. The molecule has 80 valence electrons. The summed E-state index contributed by atoms with van der Waals surface area (Å²) in [5, 5.41) is 0. The van der Waals surface area contributed by atoms with Gasteiger partial charge in [-0.3, -0.25) is 0 Å². The van der Waals surface area contributed by atoms with Gasteiger partial charge < -0.3 is 5.73 Å². The fraction of sp³-hybridized carbons (Fsp3) is 0.455. The van der Waals surface area contributed by atoms with Crippen LogP contribution in [0.15, 0.2) is 24.3 Å². The molecule has 3 heteroatoms. The number of rotatable bonds is 3. The zero-order chi connectivity index (χ0) is 9.84. The van der Waals surface area contributed by atoms with Crippen molar-refractivity contribution < 1.29 is 4.39 Å². The lowest BCUT2D eigenvalue weighted by Crippen LogP contribution is -2.12. The zero-order valence-electron chi connectivity index (χ0n) is 8.53. The first-order valence-corrected chi connectivity index (χ1v) is 4.60. The molecule has 1 rings (SSSR count). The van der Waals surface area contributed by atoms with Crippen molar-refractivity contribution in [3.8, 4) is 0 Å². The van der Waals surface area contributed by atoms with Crippen LogP contribution in [0.2, 0.25) is 0 Å². The minimum atomic E-state index is -0.211. The molecular formula is C11H17ClFN. The minimum Gasteiger partial charge on any atom is -0.324 e. The maximum atomic E-state index is 12.8. The highest BCUT2D eigenvalue weighted by Crippen LogP contribution is 2.18. The Hall–Kier alpha value is -0.600. The summed E-state index contributed by atoms with van der Waals surface area (Å²) in [4.78, 5) is 0. The van der Waals surface area contributed by atoms with Crippen molar-refractivity contribution >= 4 is 12.4 Å². The molecule has 1 aromatic carbocycles. The van der Waals surface area contributed by atoms with Gasteiger partial charge in [0.25, 0.3) is 0 Å². The molecule has 1 atom stereocenters. The Kier molecular flexibility index (Phi) is 5.73. The SMILES string of the molecule is CC(C)C[C@@H](N)c1cccc(F)c1.Cl. The molecule has 0 radical (unpaired) electrons. The first kappa shape index (κ1) is 13.4. The summed E-state index contributed by atoms with van der Waals surface area (Å²) in [6.07, 6.45) is 0.892. The third-order valence-corrected chi connectivity index (χ3v) is 2.00. The van der Waals surface area contributed by atoms with E-state index in [0.717, 1.165) is 12.0 Å². The highest BCUT2D eigenvalue weighted by molar-refractivity contribution is 5.85. The van der Waals surface area contributed by atoms with Gasteiger partial charge in [-0.2, -0.15) is 0 Å². The summed E-state index contributed by atoms with van der Waals surface area (Å²) in [5.74, 6) is 0.329. The molecule has 0 saturated carbocycles. The van der Waals surface area contributed by atoms with Gasteiger partial charge >= 0.3 is 0 Å². The van der Waals surface area contributed by atoms with E-state index >= 15 is 0 Å². The largest absolute Gasteiger partial charge is 0.324 e. The van der Waals surface area contributed by atoms with Crippen molar-refractivity contribution in [2.75, 3.05) is 0 Å². The summed E-state index contributed by atoms with van der Waals surface area (Å²) in [5.41, 5.74) is 6.78. The van der Waals surface area contributed by atoms with Gasteiger partial charge in [0.2, 0.25) is 0 Å². The highest BCUT2D eigenvalue weighted by atomic mass is 35.5. The third-order valence-electron chi connectivity index (χ3n) is 2.00. The molecule has 1 aromatic rings. The lowest BCUT2D eigenvalue weighted by molar-refractivity contribution is 0.507. The molecule has 0 aliphatic heterocycles. The first-order chi connectivity index (χ1) is 6.09. The van der Waals surface area contributed by atoms with E-state index in [-0.39, 0.29) is 24.3 Å². The van der Waals surface area contributed by atoms with Gasteiger partial charge in [-0.1, -0.05) is 26.0 Å². The number of hydrogen-bond acceptors (Lipinski definition) is 1. The number of benzene rings is 1. The average molecular weight is 218 g/mol. The van der Waals surface area contributed by atoms with E-state index in [1.165, 1.54) is 12.1 Å². The Bertz CT molecular complexity index is 276. The molecule has 0 saturated heterocycles. The van der Waals surface area contributed by atoms with Crippen LogP contribution in [0.5, 0.6) is 0 Å². The average Bonchev–Trinajstić information content (AvgIpc) is 2.03. The predicted octanol–water partition coefficient (Wildman–Crippen LogP) is 3.29. The molecule has 0 aromatic heterocycles. The van der Waals surface area contributed by atoms with E-state index in [0.29, 0.717) is 5.92 Å². The molecule has 0 spiro atoms. The van der Waals surface area contributed by atoms with E-state index in [1.54, 1.807) is 6.07 Å². The van der Waals surface area contributed by atoms with Crippen LogP contribution in [0.1, 0.15) is 31.9 Å². The standard InChI is InChI=1S/C11H16FN.ClH/c1-8(2)6-11(13)9-4-3-5-10(12)7-9;/h3-5,7-8,11H,6,13H2,1-2H3;1H/t11-;/m1./s1. The topological polar surface area (TPSA) is 26.0 Å². The molecule has 0 unspecified atom stereocenters. The van der Waals surface area contributed by atoms with Crippen molar-refractivity contribution in [3.63, 3.8) is 0 Å². The van der Waals surface area contributed by atoms with Gasteiger partial charge in [0.1, 0.15) is 5.82 Å². The van der Waals surface area contributed by atoms with Crippen LogP contribution in [-0.4, -0.2) is 0 Å². The molecule has 0 fully saturated rings. The molecule has 1 nitrogen and oxygen atoms in total. The van der Waals surface area contributed by atoms with E-state index in [2.05, 4.69) is 13.8 Å². The zero-order valence-corrected chi connectivity index (χ0v) is 9.35. The van der Waals surface area contributed by atoms with Gasteiger partial charge in [-0.05, 0) is 30.0 Å². The predicted molar refractivity (Wildman–Crippen MR) is 60.0 cm³/mol. The van der Waals surface area contributed by atoms with Crippen molar-refractivity contribution in [2.45, 2.75) is 26.3 Å². The van der Waals surface area contributed by atoms with Gasteiger partial charge in [-0.15, -0.1) is 12.4 Å². The fourth-order valence-electron chi connectivity index (χ4n) is 1.38. The van der Waals surface area contributed by atoms with Crippen molar-refractivity contribution in [2.24, 2.45) is 11.7 Å². The van der Waals surface area contributed by atoms with Crippen LogP contribution < -0.4 is 5.73 Å². The molecule has 0 heterocycles. The second-order valence-electron chi connectivity index (χ2n) is 3.79. The van der Waals surface area contributed by atoms with Crippen molar-refractivity contribution in [1.29, 1.82) is 0 Å². The quantitative estimate of drug-likeness (QED) is 0.826. The normalized spacial score (nSPS) is 12.4. The lowest BCUT2D eigenvalue weighted by atomic mass is 9.98. The third kappa shape index (κ3) is 4.07. The number of halogens is 2. The number of hydrogen-bond donors (Lipinski definition) is 1. The van der Waals surface area contributed by atoms with E-state index in [1.807, 2.05) is 6.07 Å². The summed E-state index contributed by atoms with van der Waals surface area (Å²) in [7, 11) is 0. The molecule has 14 heavy (non-hydrogen) atoms. The highest BCUT2D eigenvalue weighted by Gasteiger charge is 2.08. The molecule has 0 amide bonds. The van der Waals surface area contributed by atoms with Gasteiger partial charge in [-0.25, -0.2) is 4.39 Å². The van der Waals surface area contributed by atoms with E-state index in [9.17, 15) is 4.39 Å². The van der Waals surface area contributed by atoms with Crippen LogP contribution in [0.25, 0.3) is 0 Å². The summed E-state index contributed by atoms with van der Waals surface area (Å²) in [6, 6.07) is 6.47. The maximum Gasteiger partial charge on any atom is 0.123 e. The second-order valence-corrected chi connectivity index (χ2v) is 3.79. The van der Waals surface area contributed by atoms with Gasteiger partial charge in [0.15, 0.2) is 0 Å². The Morgan fingerprint density at radius 2 is 2.00 bits per heavy atom. The van der Waals surface area contributed by atoms with Crippen LogP contribution in [0, 0.1) is 11.7 Å². The van der Waals surface area contributed by atoms with Crippen LogP contribution >= 0.6 is 12.4 Å². The van der Waals surface area contributed by atoms with Crippen LogP contribution in [0.4, 0.5) is 4.39 Å². The van der Waals surface area contributed by atoms with Gasteiger partial charge in [0.05, 0.1) is 0 Å². The minimum absolute atomic E-state index is 0. The smallest absolute Gasteiger partial charge is 0.123 e.